The Morgan fingerprint density at radius 2 is 2.17 bits per heavy atom. The summed E-state index contributed by atoms with van der Waals surface area (Å²) in [6.07, 6.45) is 0. The highest BCUT2D eigenvalue weighted by atomic mass is 32.2. The minimum atomic E-state index is -0.479. The van der Waals surface area contributed by atoms with Gasteiger partial charge in [0.15, 0.2) is 0 Å². The predicted octanol–water partition coefficient (Wildman–Crippen LogP) is 1.52. The molecule has 0 unspecified atom stereocenters. The molecule has 0 aromatic heterocycles. The number of nitro groups is 1. The Balaban J connectivity index is 1.92. The summed E-state index contributed by atoms with van der Waals surface area (Å²) in [5.74, 6) is -0.464. The van der Waals surface area contributed by atoms with Gasteiger partial charge < -0.3 is 15.0 Å². The largest absolute Gasteiger partial charge is 0.378 e. The lowest BCUT2D eigenvalue weighted by Gasteiger charge is -2.35. The maximum absolute atomic E-state index is 12.3. The zero-order valence-corrected chi connectivity index (χ0v) is 13.4. The smallest absolute Gasteiger partial charge is 0.269 e. The first kappa shape index (κ1) is 16.3. The monoisotopic (exact) mass is 346 g/mol. The number of nitriles is 1. The molecule has 0 radical (unpaired) electrons. The standard InChI is InChI=1S/C15H14N4O4S/c16-9-12-13(20)17-14(10-2-1-3-11(8-10)19(21)22)24-15(12)18-4-6-23-7-5-18/h1-3,8,14H,4-7H2,(H,17,20)/t14-/m1/s1. The predicted molar refractivity (Wildman–Crippen MR) is 86.6 cm³/mol. The van der Waals surface area contributed by atoms with Crippen LogP contribution in [0.25, 0.3) is 0 Å². The first-order chi connectivity index (χ1) is 11.6. The van der Waals surface area contributed by atoms with Gasteiger partial charge in [-0.2, -0.15) is 5.26 Å². The number of nitrogens with zero attached hydrogens (tertiary/aromatic N) is 3. The van der Waals surface area contributed by atoms with Crippen molar-refractivity contribution < 1.29 is 14.5 Å². The molecule has 0 saturated carbocycles. The molecule has 1 fully saturated rings. The Hall–Kier alpha value is -2.57. The number of carbonyl (C=O) groups excluding carboxylic acids is 1. The van der Waals surface area contributed by atoms with Gasteiger partial charge >= 0.3 is 0 Å². The second-order valence-electron chi connectivity index (χ2n) is 5.21. The zero-order chi connectivity index (χ0) is 17.1. The molecule has 2 heterocycles. The molecule has 0 aliphatic carbocycles. The first-order valence-electron chi connectivity index (χ1n) is 7.29. The highest BCUT2D eigenvalue weighted by Gasteiger charge is 2.32. The van der Waals surface area contributed by atoms with Gasteiger partial charge in [-0.3, -0.25) is 14.9 Å². The van der Waals surface area contributed by atoms with Crippen molar-refractivity contribution in [2.24, 2.45) is 0 Å². The number of hydrogen-bond donors (Lipinski definition) is 1. The van der Waals surface area contributed by atoms with Crippen molar-refractivity contribution in [2.45, 2.75) is 5.37 Å². The van der Waals surface area contributed by atoms with Gasteiger partial charge in [0, 0.05) is 25.2 Å². The van der Waals surface area contributed by atoms with Crippen LogP contribution in [0.4, 0.5) is 5.69 Å². The van der Waals surface area contributed by atoms with Crippen LogP contribution in [0.3, 0.4) is 0 Å². The third-order valence-electron chi connectivity index (χ3n) is 3.73. The summed E-state index contributed by atoms with van der Waals surface area (Å²) in [4.78, 5) is 24.7. The van der Waals surface area contributed by atoms with Crippen LogP contribution < -0.4 is 5.32 Å². The molecule has 0 bridgehead atoms. The number of rotatable bonds is 3. The maximum Gasteiger partial charge on any atom is 0.269 e. The Kier molecular flexibility index (Phi) is 4.69. The van der Waals surface area contributed by atoms with E-state index < -0.39 is 16.2 Å². The summed E-state index contributed by atoms with van der Waals surface area (Å²) in [6, 6.07) is 8.10. The third kappa shape index (κ3) is 3.20. The number of ether oxygens (including phenoxy) is 1. The number of morpholine rings is 1. The van der Waals surface area contributed by atoms with E-state index in [-0.39, 0.29) is 11.3 Å². The highest BCUT2D eigenvalue weighted by Crippen LogP contribution is 2.40. The van der Waals surface area contributed by atoms with E-state index >= 15 is 0 Å². The fourth-order valence-corrected chi connectivity index (χ4v) is 3.80. The number of carbonyl (C=O) groups is 1. The minimum Gasteiger partial charge on any atom is -0.378 e. The van der Waals surface area contributed by atoms with Gasteiger partial charge in [-0.15, -0.1) is 0 Å². The average molecular weight is 346 g/mol. The number of hydrogen-bond acceptors (Lipinski definition) is 7. The van der Waals surface area contributed by atoms with Crippen LogP contribution in [0.1, 0.15) is 10.9 Å². The van der Waals surface area contributed by atoms with Gasteiger partial charge in [-0.25, -0.2) is 0 Å². The Labute approximate surface area is 142 Å². The van der Waals surface area contributed by atoms with Crippen LogP contribution in [0, 0.1) is 21.4 Å². The highest BCUT2D eigenvalue weighted by molar-refractivity contribution is 8.03. The summed E-state index contributed by atoms with van der Waals surface area (Å²) in [7, 11) is 0. The molecule has 3 rings (SSSR count). The van der Waals surface area contributed by atoms with Crippen molar-refractivity contribution >= 4 is 23.4 Å². The Morgan fingerprint density at radius 3 is 2.83 bits per heavy atom. The molecule has 1 atom stereocenters. The summed E-state index contributed by atoms with van der Waals surface area (Å²) in [6.45, 7) is 2.27. The van der Waals surface area contributed by atoms with E-state index in [0.29, 0.717) is 36.9 Å². The van der Waals surface area contributed by atoms with Crippen molar-refractivity contribution in [3.63, 3.8) is 0 Å². The van der Waals surface area contributed by atoms with E-state index in [1.54, 1.807) is 12.1 Å². The summed E-state index contributed by atoms with van der Waals surface area (Å²) < 4.78 is 5.31. The fraction of sp³-hybridized carbons (Fsp3) is 0.333. The number of amides is 1. The third-order valence-corrected chi connectivity index (χ3v) is 5.04. The minimum absolute atomic E-state index is 0.0367. The zero-order valence-electron chi connectivity index (χ0n) is 12.6. The molecule has 2 aliphatic heterocycles. The van der Waals surface area contributed by atoms with Gasteiger partial charge in [-0.05, 0) is 5.56 Å². The van der Waals surface area contributed by atoms with Crippen LogP contribution >= 0.6 is 11.8 Å². The molecule has 1 aromatic carbocycles. The van der Waals surface area contributed by atoms with Crippen molar-refractivity contribution in [2.75, 3.05) is 26.3 Å². The van der Waals surface area contributed by atoms with Crippen molar-refractivity contribution in [3.8, 4) is 6.07 Å². The maximum atomic E-state index is 12.3. The average Bonchev–Trinajstić information content (AvgIpc) is 2.62. The van der Waals surface area contributed by atoms with Gasteiger partial charge in [0.25, 0.3) is 11.6 Å². The molecule has 2 aliphatic rings. The topological polar surface area (TPSA) is 108 Å². The van der Waals surface area contributed by atoms with E-state index in [9.17, 15) is 20.2 Å². The number of benzene rings is 1. The van der Waals surface area contributed by atoms with Crippen molar-refractivity contribution in [1.29, 1.82) is 5.26 Å². The van der Waals surface area contributed by atoms with E-state index in [1.165, 1.54) is 23.9 Å². The van der Waals surface area contributed by atoms with Crippen molar-refractivity contribution in [1.82, 2.24) is 10.2 Å². The van der Waals surface area contributed by atoms with Crippen LogP contribution in [-0.2, 0) is 9.53 Å². The summed E-state index contributed by atoms with van der Waals surface area (Å²) in [5.41, 5.74) is 0.652. The molecule has 1 aromatic rings. The molecular weight excluding hydrogens is 332 g/mol. The molecule has 124 valence electrons. The molecule has 8 nitrogen and oxygen atoms in total. The second-order valence-corrected chi connectivity index (χ2v) is 6.31. The van der Waals surface area contributed by atoms with E-state index in [1.807, 2.05) is 11.0 Å². The SMILES string of the molecule is N#CC1=C(N2CCOCC2)S[C@H](c2cccc([N+](=O)[O-])c2)NC1=O. The van der Waals surface area contributed by atoms with Crippen LogP contribution in [-0.4, -0.2) is 42.0 Å². The molecule has 1 N–H and O–H groups in total. The lowest BCUT2D eigenvalue weighted by molar-refractivity contribution is -0.384. The molecule has 24 heavy (non-hydrogen) atoms. The number of nitrogens with one attached hydrogen (secondary N) is 1. The van der Waals surface area contributed by atoms with Crippen LogP contribution in [0.2, 0.25) is 0 Å². The molecular formula is C15H14N4O4S. The molecule has 1 saturated heterocycles. The van der Waals surface area contributed by atoms with E-state index in [0.717, 1.165) is 0 Å². The van der Waals surface area contributed by atoms with Crippen LogP contribution in [0.5, 0.6) is 0 Å². The lowest BCUT2D eigenvalue weighted by Crippen LogP contribution is -2.40. The molecule has 9 heteroatoms. The van der Waals surface area contributed by atoms with Crippen LogP contribution in [0.15, 0.2) is 34.9 Å². The second kappa shape index (κ2) is 6.90. The Morgan fingerprint density at radius 1 is 1.42 bits per heavy atom. The van der Waals surface area contributed by atoms with Gasteiger partial charge in [-0.1, -0.05) is 23.9 Å². The number of non-ortho nitro benzene ring substituents is 1. The quantitative estimate of drug-likeness (QED) is 0.653. The molecule has 0 spiro atoms. The van der Waals surface area contributed by atoms with Crippen molar-refractivity contribution in [3.05, 3.63) is 50.5 Å². The molecule has 1 amide bonds. The van der Waals surface area contributed by atoms with Gasteiger partial charge in [0.05, 0.1) is 23.2 Å². The number of thioether (sulfide) groups is 1. The van der Waals surface area contributed by atoms with E-state index in [4.69, 9.17) is 4.74 Å². The van der Waals surface area contributed by atoms with Gasteiger partial charge in [0.2, 0.25) is 0 Å². The summed E-state index contributed by atoms with van der Waals surface area (Å²) >= 11 is 1.32. The van der Waals surface area contributed by atoms with E-state index in [2.05, 4.69) is 5.32 Å². The first-order valence-corrected chi connectivity index (χ1v) is 8.17. The van der Waals surface area contributed by atoms with Gasteiger partial charge in [0.1, 0.15) is 17.0 Å². The normalized spacial score (nSPS) is 21.2. The lowest BCUT2D eigenvalue weighted by atomic mass is 10.2. The number of nitro benzene ring substituents is 1. The summed E-state index contributed by atoms with van der Waals surface area (Å²) in [5, 5.41) is 23.1. The fourth-order valence-electron chi connectivity index (χ4n) is 2.54. The Bertz CT molecular complexity index is 752.